The molecule has 3 nitrogen and oxygen atoms in total. The van der Waals surface area contributed by atoms with Crippen molar-refractivity contribution in [2.45, 2.75) is 6.92 Å². The van der Waals surface area contributed by atoms with Gasteiger partial charge >= 0.3 is 0 Å². The maximum Gasteiger partial charge on any atom is 0.255 e. The van der Waals surface area contributed by atoms with Crippen molar-refractivity contribution in [2.75, 3.05) is 5.32 Å². The smallest absolute Gasteiger partial charge is 0.255 e. The zero-order chi connectivity index (χ0) is 15.6. The number of benzene rings is 2. The zero-order valence-electron chi connectivity index (χ0n) is 11.1. The lowest BCUT2D eigenvalue weighted by Crippen LogP contribution is -2.13. The van der Waals surface area contributed by atoms with Crippen molar-refractivity contribution in [2.24, 2.45) is 5.73 Å². The molecule has 0 radical (unpaired) electrons. The summed E-state index contributed by atoms with van der Waals surface area (Å²) in [4.78, 5) is 12.6. The Morgan fingerprint density at radius 3 is 2.29 bits per heavy atom. The zero-order valence-corrected chi connectivity index (χ0v) is 15.1. The van der Waals surface area contributed by atoms with Gasteiger partial charge in [0, 0.05) is 20.1 Å². The summed E-state index contributed by atoms with van der Waals surface area (Å²) >= 11 is 11.7. The topological polar surface area (TPSA) is 55.1 Å². The highest BCUT2D eigenvalue weighted by Crippen LogP contribution is 2.25. The molecule has 0 saturated carbocycles. The molecule has 1 amide bonds. The van der Waals surface area contributed by atoms with Crippen molar-refractivity contribution >= 4 is 60.7 Å². The predicted molar refractivity (Wildman–Crippen MR) is 96.9 cm³/mol. The number of carbonyl (C=O) groups is 1. The van der Waals surface area contributed by atoms with Gasteiger partial charge in [0.25, 0.3) is 5.91 Å². The van der Waals surface area contributed by atoms with Crippen LogP contribution in [0.3, 0.4) is 0 Å². The van der Waals surface area contributed by atoms with Crippen LogP contribution in [0.2, 0.25) is 0 Å². The van der Waals surface area contributed by atoms with E-state index in [0.29, 0.717) is 16.2 Å². The van der Waals surface area contributed by atoms with Gasteiger partial charge in [-0.25, -0.2) is 0 Å². The number of thiocarbonyl (C=S) groups is 1. The van der Waals surface area contributed by atoms with E-state index in [-0.39, 0.29) is 5.91 Å². The van der Waals surface area contributed by atoms with Crippen molar-refractivity contribution in [1.29, 1.82) is 0 Å². The summed E-state index contributed by atoms with van der Waals surface area (Å²) in [7, 11) is 0. The molecule has 2 aromatic carbocycles. The molecule has 2 aromatic rings. The van der Waals surface area contributed by atoms with Gasteiger partial charge in [0.05, 0.1) is 5.69 Å². The van der Waals surface area contributed by atoms with E-state index in [9.17, 15) is 4.79 Å². The van der Waals surface area contributed by atoms with E-state index >= 15 is 0 Å². The number of rotatable bonds is 3. The van der Waals surface area contributed by atoms with E-state index in [1.807, 2.05) is 13.0 Å². The Balaban J connectivity index is 2.23. The molecule has 108 valence electrons. The fourth-order valence-electron chi connectivity index (χ4n) is 1.70. The van der Waals surface area contributed by atoms with Crippen LogP contribution >= 0.6 is 44.1 Å². The molecule has 6 heteroatoms. The Hall–Kier alpha value is -1.24. The Kier molecular flexibility index (Phi) is 5.13. The number of halogens is 2. The molecule has 2 rings (SSSR count). The van der Waals surface area contributed by atoms with E-state index in [1.165, 1.54) is 0 Å². The first-order chi connectivity index (χ1) is 9.88. The van der Waals surface area contributed by atoms with Crippen LogP contribution in [-0.4, -0.2) is 10.9 Å². The maximum atomic E-state index is 12.2. The molecule has 0 bridgehead atoms. The third kappa shape index (κ3) is 3.90. The molecule has 0 saturated heterocycles. The van der Waals surface area contributed by atoms with Crippen LogP contribution in [0.4, 0.5) is 5.69 Å². The normalized spacial score (nSPS) is 10.2. The molecule has 0 aromatic heterocycles. The molecule has 0 atom stereocenters. The minimum atomic E-state index is -0.181. The van der Waals surface area contributed by atoms with Crippen LogP contribution < -0.4 is 11.1 Å². The van der Waals surface area contributed by atoms with Gasteiger partial charge in [0.1, 0.15) is 4.99 Å². The van der Waals surface area contributed by atoms with Gasteiger partial charge in [-0.1, -0.05) is 34.2 Å². The van der Waals surface area contributed by atoms with Crippen molar-refractivity contribution in [3.63, 3.8) is 0 Å². The highest BCUT2D eigenvalue weighted by molar-refractivity contribution is 9.11. The van der Waals surface area contributed by atoms with Crippen molar-refractivity contribution in [3.8, 4) is 0 Å². The monoisotopic (exact) mass is 426 g/mol. The lowest BCUT2D eigenvalue weighted by atomic mass is 10.1. The summed E-state index contributed by atoms with van der Waals surface area (Å²) in [6, 6.07) is 10.8. The largest absolute Gasteiger partial charge is 0.389 e. The molecule has 0 aliphatic heterocycles. The van der Waals surface area contributed by atoms with Gasteiger partial charge in [-0.2, -0.15) is 0 Å². The summed E-state index contributed by atoms with van der Waals surface area (Å²) in [5, 5.41) is 2.85. The lowest BCUT2D eigenvalue weighted by molar-refractivity contribution is 0.102. The first-order valence-electron chi connectivity index (χ1n) is 6.05. The molecule has 3 N–H and O–H groups in total. The second-order valence-corrected chi connectivity index (χ2v) is 6.63. The number of nitrogens with two attached hydrogens (primary N) is 1. The summed E-state index contributed by atoms with van der Waals surface area (Å²) in [6.07, 6.45) is 0. The third-order valence-corrected chi connectivity index (χ3v) is 4.68. The van der Waals surface area contributed by atoms with Gasteiger partial charge in [-0.15, -0.1) is 0 Å². The molecule has 0 fully saturated rings. The van der Waals surface area contributed by atoms with E-state index in [4.69, 9.17) is 18.0 Å². The average molecular weight is 428 g/mol. The summed E-state index contributed by atoms with van der Waals surface area (Å²) in [5.74, 6) is -0.181. The molecule has 0 spiro atoms. The Bertz CT molecular complexity index is 732. The highest BCUT2D eigenvalue weighted by atomic mass is 79.9. The lowest BCUT2D eigenvalue weighted by Gasteiger charge is -2.09. The SMILES string of the molecule is Cc1ccc(C(=O)Nc2ccc(C(N)=S)cc2Br)cc1Br. The quantitative estimate of drug-likeness (QED) is 0.713. The molecule has 0 unspecified atom stereocenters. The van der Waals surface area contributed by atoms with E-state index < -0.39 is 0 Å². The molecular formula is C15H12Br2N2OS. The fraction of sp³-hybridized carbons (Fsp3) is 0.0667. The number of nitrogens with one attached hydrogen (secondary N) is 1. The maximum absolute atomic E-state index is 12.2. The van der Waals surface area contributed by atoms with Gasteiger partial charge in [-0.3, -0.25) is 4.79 Å². The van der Waals surface area contributed by atoms with Crippen molar-refractivity contribution in [3.05, 3.63) is 62.0 Å². The number of aryl methyl sites for hydroxylation is 1. The third-order valence-electron chi connectivity index (χ3n) is 2.94. The van der Waals surface area contributed by atoms with E-state index in [2.05, 4.69) is 37.2 Å². The number of carbonyl (C=O) groups excluding carboxylic acids is 1. The number of amides is 1. The second kappa shape index (κ2) is 6.68. The summed E-state index contributed by atoms with van der Waals surface area (Å²) in [6.45, 7) is 1.97. The minimum Gasteiger partial charge on any atom is -0.389 e. The van der Waals surface area contributed by atoms with Crippen LogP contribution in [0.1, 0.15) is 21.5 Å². The molecule has 0 heterocycles. The fourth-order valence-corrected chi connectivity index (χ4v) is 2.68. The summed E-state index contributed by atoms with van der Waals surface area (Å²) in [5.41, 5.74) is 8.64. The highest BCUT2D eigenvalue weighted by Gasteiger charge is 2.10. The molecule has 21 heavy (non-hydrogen) atoms. The molecule has 0 aliphatic rings. The standard InChI is InChI=1S/C15H12Br2N2OS/c1-8-2-3-10(7-11(8)16)15(20)19-13-5-4-9(14(18)21)6-12(13)17/h2-7H,1H3,(H2,18,21)(H,19,20). The number of anilines is 1. The van der Waals surface area contributed by atoms with Crippen LogP contribution in [0.25, 0.3) is 0 Å². The predicted octanol–water partition coefficient (Wildman–Crippen LogP) is 4.41. The second-order valence-electron chi connectivity index (χ2n) is 4.48. The number of hydrogen-bond acceptors (Lipinski definition) is 2. The molecular weight excluding hydrogens is 416 g/mol. The Morgan fingerprint density at radius 1 is 1.10 bits per heavy atom. The van der Waals surface area contributed by atoms with Crippen molar-refractivity contribution < 1.29 is 4.79 Å². The van der Waals surface area contributed by atoms with Gasteiger partial charge in [0.15, 0.2) is 0 Å². The first kappa shape index (κ1) is 16.1. The van der Waals surface area contributed by atoms with E-state index in [0.717, 1.165) is 20.1 Å². The first-order valence-corrected chi connectivity index (χ1v) is 8.05. The van der Waals surface area contributed by atoms with E-state index in [1.54, 1.807) is 30.3 Å². The summed E-state index contributed by atoms with van der Waals surface area (Å²) < 4.78 is 1.63. The van der Waals surface area contributed by atoms with Crippen LogP contribution in [0.15, 0.2) is 45.3 Å². The average Bonchev–Trinajstić information content (AvgIpc) is 2.43. The van der Waals surface area contributed by atoms with Crippen LogP contribution in [0, 0.1) is 6.92 Å². The Labute approximate surface area is 145 Å². The van der Waals surface area contributed by atoms with Crippen LogP contribution in [-0.2, 0) is 0 Å². The molecule has 0 aliphatic carbocycles. The minimum absolute atomic E-state index is 0.181. The van der Waals surface area contributed by atoms with Crippen molar-refractivity contribution in [1.82, 2.24) is 0 Å². The van der Waals surface area contributed by atoms with Gasteiger partial charge in [-0.05, 0) is 58.7 Å². The Morgan fingerprint density at radius 2 is 1.71 bits per heavy atom. The number of hydrogen-bond donors (Lipinski definition) is 2. The van der Waals surface area contributed by atoms with Crippen LogP contribution in [0.5, 0.6) is 0 Å². The van der Waals surface area contributed by atoms with Gasteiger partial charge in [0.2, 0.25) is 0 Å². The van der Waals surface area contributed by atoms with Gasteiger partial charge < -0.3 is 11.1 Å².